The van der Waals surface area contributed by atoms with Gasteiger partial charge in [-0.15, -0.1) is 0 Å². The monoisotopic (exact) mass is 317 g/mol. The fourth-order valence-electron chi connectivity index (χ4n) is 3.10. The highest BCUT2D eigenvalue weighted by atomic mass is 16.5. The maximum absolute atomic E-state index is 12.1. The summed E-state index contributed by atoms with van der Waals surface area (Å²) in [6.45, 7) is 0.643. The Bertz CT molecular complexity index is 543. The van der Waals surface area contributed by atoms with Crippen LogP contribution in [0.3, 0.4) is 0 Å². The lowest BCUT2D eigenvalue weighted by Gasteiger charge is -2.21. The summed E-state index contributed by atoms with van der Waals surface area (Å²) in [5.41, 5.74) is 1.19. The Morgan fingerprint density at radius 2 is 1.74 bits per heavy atom. The first kappa shape index (κ1) is 16.0. The topological polar surface area (TPSA) is 64.6 Å². The van der Waals surface area contributed by atoms with Gasteiger partial charge in [-0.1, -0.05) is 6.42 Å². The summed E-state index contributed by atoms with van der Waals surface area (Å²) >= 11 is 0. The number of carbonyl (C=O) groups excluding carboxylic acids is 2. The fourth-order valence-corrected chi connectivity index (χ4v) is 3.10. The molecule has 23 heavy (non-hydrogen) atoms. The second-order valence-electron chi connectivity index (χ2n) is 6.23. The summed E-state index contributed by atoms with van der Waals surface area (Å²) in [6.07, 6.45) is 6.79. The van der Waals surface area contributed by atoms with E-state index < -0.39 is 0 Å². The van der Waals surface area contributed by atoms with Crippen molar-refractivity contribution in [3.05, 3.63) is 29.8 Å². The minimum atomic E-state index is -0.356. The first-order chi connectivity index (χ1) is 11.2. The molecule has 1 atom stereocenters. The van der Waals surface area contributed by atoms with E-state index >= 15 is 0 Å². The van der Waals surface area contributed by atoms with Gasteiger partial charge in [0.1, 0.15) is 12.2 Å². The van der Waals surface area contributed by atoms with Crippen molar-refractivity contribution < 1.29 is 19.1 Å². The van der Waals surface area contributed by atoms with Crippen molar-refractivity contribution in [2.24, 2.45) is 0 Å². The molecule has 2 aliphatic rings. The van der Waals surface area contributed by atoms with Crippen LogP contribution in [0.4, 0.5) is 5.69 Å². The number of benzene rings is 1. The van der Waals surface area contributed by atoms with Gasteiger partial charge >= 0.3 is 5.97 Å². The number of carbonyl (C=O) groups is 2. The van der Waals surface area contributed by atoms with Crippen molar-refractivity contribution >= 4 is 17.6 Å². The van der Waals surface area contributed by atoms with Crippen LogP contribution >= 0.6 is 0 Å². The fraction of sp³-hybridized carbons (Fsp3) is 0.556. The van der Waals surface area contributed by atoms with Crippen molar-refractivity contribution in [1.82, 2.24) is 0 Å². The molecule has 1 saturated carbocycles. The molecule has 124 valence electrons. The highest BCUT2D eigenvalue weighted by molar-refractivity contribution is 5.95. The van der Waals surface area contributed by atoms with Crippen LogP contribution in [0.25, 0.3) is 0 Å². The molecule has 0 radical (unpaired) electrons. The summed E-state index contributed by atoms with van der Waals surface area (Å²) in [5, 5.41) is 2.82. The molecule has 2 fully saturated rings. The predicted octanol–water partition coefficient (Wildman–Crippen LogP) is 3.29. The van der Waals surface area contributed by atoms with Gasteiger partial charge in [0.25, 0.3) is 5.91 Å². The lowest BCUT2D eigenvalue weighted by atomic mass is 9.98. The Morgan fingerprint density at radius 1 is 1.00 bits per heavy atom. The molecule has 1 heterocycles. The van der Waals surface area contributed by atoms with E-state index in [4.69, 9.17) is 9.47 Å². The molecule has 1 N–H and O–H groups in total. The van der Waals surface area contributed by atoms with Gasteiger partial charge in [-0.2, -0.15) is 0 Å². The number of rotatable bonds is 4. The highest BCUT2D eigenvalue weighted by Gasteiger charge is 2.23. The molecular formula is C18H23NO4. The number of nitrogens with one attached hydrogen (secondary N) is 1. The molecule has 1 aliphatic heterocycles. The van der Waals surface area contributed by atoms with Gasteiger partial charge in [0, 0.05) is 12.3 Å². The number of hydrogen-bond donors (Lipinski definition) is 1. The van der Waals surface area contributed by atoms with Crippen molar-refractivity contribution in [3.63, 3.8) is 0 Å². The standard InChI is InChI=1S/C18H23NO4/c20-17(16-7-4-12-22-16)19-14-10-8-13(9-11-14)18(21)23-15-5-2-1-3-6-15/h8-11,15-16H,1-7,12H2,(H,19,20). The Kier molecular flexibility index (Phi) is 5.28. The first-order valence-corrected chi connectivity index (χ1v) is 8.46. The van der Waals surface area contributed by atoms with E-state index in [1.54, 1.807) is 24.3 Å². The van der Waals surface area contributed by atoms with E-state index in [1.165, 1.54) is 6.42 Å². The quantitative estimate of drug-likeness (QED) is 0.865. The molecule has 5 nitrogen and oxygen atoms in total. The minimum absolute atomic E-state index is 0.0511. The molecule has 1 unspecified atom stereocenters. The van der Waals surface area contributed by atoms with Crippen LogP contribution in [0.1, 0.15) is 55.3 Å². The van der Waals surface area contributed by atoms with E-state index in [9.17, 15) is 9.59 Å². The summed E-state index contributed by atoms with van der Waals surface area (Å²) in [5.74, 6) is -0.408. The van der Waals surface area contributed by atoms with Gasteiger partial charge in [-0.3, -0.25) is 4.79 Å². The number of esters is 1. The maximum atomic E-state index is 12.1. The number of hydrogen-bond acceptors (Lipinski definition) is 4. The highest BCUT2D eigenvalue weighted by Crippen LogP contribution is 2.22. The van der Waals surface area contributed by atoms with E-state index in [0.717, 1.165) is 38.5 Å². The van der Waals surface area contributed by atoms with Crippen LogP contribution in [0.15, 0.2) is 24.3 Å². The zero-order valence-electron chi connectivity index (χ0n) is 13.3. The van der Waals surface area contributed by atoms with Crippen LogP contribution in [0.2, 0.25) is 0 Å². The van der Waals surface area contributed by atoms with Crippen molar-refractivity contribution in [2.45, 2.75) is 57.2 Å². The molecule has 5 heteroatoms. The van der Waals surface area contributed by atoms with E-state index in [1.807, 2.05) is 0 Å². The van der Waals surface area contributed by atoms with E-state index in [-0.39, 0.29) is 24.1 Å². The third-order valence-electron chi connectivity index (χ3n) is 4.44. The van der Waals surface area contributed by atoms with Gasteiger partial charge in [0.15, 0.2) is 0 Å². The molecule has 1 aromatic rings. The molecule has 0 spiro atoms. The second kappa shape index (κ2) is 7.59. The van der Waals surface area contributed by atoms with E-state index in [2.05, 4.69) is 5.32 Å². The second-order valence-corrected chi connectivity index (χ2v) is 6.23. The molecule has 1 aromatic carbocycles. The Hall–Kier alpha value is -1.88. The van der Waals surface area contributed by atoms with Gasteiger partial charge in [0.2, 0.25) is 0 Å². The third-order valence-corrected chi connectivity index (χ3v) is 4.44. The predicted molar refractivity (Wildman–Crippen MR) is 86.3 cm³/mol. The van der Waals surface area contributed by atoms with E-state index in [0.29, 0.717) is 17.9 Å². The average Bonchev–Trinajstić information content (AvgIpc) is 3.11. The number of amides is 1. The lowest BCUT2D eigenvalue weighted by molar-refractivity contribution is -0.124. The maximum Gasteiger partial charge on any atom is 0.338 e. The van der Waals surface area contributed by atoms with Crippen LogP contribution in [-0.4, -0.2) is 30.7 Å². The van der Waals surface area contributed by atoms with Gasteiger partial charge in [0.05, 0.1) is 5.56 Å². The Balaban J connectivity index is 1.53. The Labute approximate surface area is 136 Å². The van der Waals surface area contributed by atoms with Crippen molar-refractivity contribution in [3.8, 4) is 0 Å². The van der Waals surface area contributed by atoms with Crippen LogP contribution in [-0.2, 0) is 14.3 Å². The number of anilines is 1. The smallest absolute Gasteiger partial charge is 0.338 e. The number of ether oxygens (including phenoxy) is 2. The van der Waals surface area contributed by atoms with Gasteiger partial charge < -0.3 is 14.8 Å². The third kappa shape index (κ3) is 4.32. The summed E-state index contributed by atoms with van der Waals surface area (Å²) < 4.78 is 10.9. The van der Waals surface area contributed by atoms with Crippen LogP contribution in [0.5, 0.6) is 0 Å². The van der Waals surface area contributed by atoms with Crippen LogP contribution in [0, 0.1) is 0 Å². The minimum Gasteiger partial charge on any atom is -0.459 e. The molecule has 1 aliphatic carbocycles. The molecule has 0 aromatic heterocycles. The Morgan fingerprint density at radius 3 is 2.39 bits per heavy atom. The molecule has 3 rings (SSSR count). The average molecular weight is 317 g/mol. The van der Waals surface area contributed by atoms with Gasteiger partial charge in [-0.25, -0.2) is 4.79 Å². The van der Waals surface area contributed by atoms with Gasteiger partial charge in [-0.05, 0) is 62.8 Å². The van der Waals surface area contributed by atoms with Crippen molar-refractivity contribution in [2.75, 3.05) is 11.9 Å². The van der Waals surface area contributed by atoms with Crippen LogP contribution < -0.4 is 5.32 Å². The summed E-state index contributed by atoms with van der Waals surface area (Å²) in [6, 6.07) is 6.83. The normalized spacial score (nSPS) is 21.8. The zero-order valence-corrected chi connectivity index (χ0v) is 13.3. The molecule has 1 saturated heterocycles. The zero-order chi connectivity index (χ0) is 16.1. The lowest BCUT2D eigenvalue weighted by Crippen LogP contribution is -2.26. The summed E-state index contributed by atoms with van der Waals surface area (Å²) in [4.78, 5) is 24.1. The largest absolute Gasteiger partial charge is 0.459 e. The van der Waals surface area contributed by atoms with Crippen molar-refractivity contribution in [1.29, 1.82) is 0 Å². The first-order valence-electron chi connectivity index (χ1n) is 8.46. The SMILES string of the molecule is O=C(OC1CCCCC1)c1ccc(NC(=O)C2CCCO2)cc1. The molecular weight excluding hydrogens is 294 g/mol. The summed E-state index contributed by atoms with van der Waals surface area (Å²) in [7, 11) is 0. The molecule has 0 bridgehead atoms. The molecule has 1 amide bonds.